The number of carbonyl (C=O) groups is 2. The topological polar surface area (TPSA) is 49.4 Å². The number of nitrogens with one attached hydrogen (secondary N) is 1. The normalized spacial score (nSPS) is 15.7. The molecule has 3 amide bonds. The van der Waals surface area contributed by atoms with Gasteiger partial charge in [0.25, 0.3) is 5.91 Å². The molecular formula is C10H9FN2O2. The van der Waals surface area contributed by atoms with Gasteiger partial charge in [0, 0.05) is 0 Å². The van der Waals surface area contributed by atoms with Crippen molar-refractivity contribution in [2.75, 3.05) is 11.4 Å². The summed E-state index contributed by atoms with van der Waals surface area (Å²) in [5, 5.41) is 2.34. The largest absolute Gasteiger partial charge is 0.329 e. The Bertz CT molecular complexity index is 409. The number of urea groups is 1. The molecule has 4 nitrogen and oxygen atoms in total. The van der Waals surface area contributed by atoms with E-state index in [-0.39, 0.29) is 12.2 Å². The summed E-state index contributed by atoms with van der Waals surface area (Å²) in [5.74, 6) is -1.01. The van der Waals surface area contributed by atoms with Gasteiger partial charge in [-0.3, -0.25) is 4.79 Å². The van der Waals surface area contributed by atoms with Gasteiger partial charge >= 0.3 is 6.03 Å². The summed E-state index contributed by atoms with van der Waals surface area (Å²) in [7, 11) is 0. The van der Waals surface area contributed by atoms with E-state index in [1.54, 1.807) is 13.0 Å². The number of halogens is 1. The molecule has 5 heteroatoms. The fourth-order valence-electron chi connectivity index (χ4n) is 1.56. The minimum Gasteiger partial charge on any atom is -0.328 e. The van der Waals surface area contributed by atoms with Crippen molar-refractivity contribution in [1.82, 2.24) is 5.32 Å². The van der Waals surface area contributed by atoms with Crippen LogP contribution < -0.4 is 10.2 Å². The lowest BCUT2D eigenvalue weighted by Crippen LogP contribution is -2.32. The molecule has 0 saturated carbocycles. The zero-order valence-electron chi connectivity index (χ0n) is 8.08. The predicted molar refractivity (Wildman–Crippen MR) is 52.0 cm³/mol. The monoisotopic (exact) mass is 208 g/mol. The van der Waals surface area contributed by atoms with Gasteiger partial charge in [0.15, 0.2) is 0 Å². The number of hydrogen-bond donors (Lipinski definition) is 1. The summed E-state index contributed by atoms with van der Waals surface area (Å²) in [5.41, 5.74) is 0.595. The van der Waals surface area contributed by atoms with Crippen molar-refractivity contribution in [3.05, 3.63) is 29.6 Å². The molecular weight excluding hydrogens is 199 g/mol. The van der Waals surface area contributed by atoms with Crippen LogP contribution in [0.3, 0.4) is 0 Å². The fraction of sp³-hybridized carbons (Fsp3) is 0.200. The molecule has 1 aromatic rings. The van der Waals surface area contributed by atoms with Crippen LogP contribution in [0.25, 0.3) is 0 Å². The van der Waals surface area contributed by atoms with Crippen LogP contribution in [-0.4, -0.2) is 18.5 Å². The third-order valence-corrected chi connectivity index (χ3v) is 2.26. The molecule has 2 rings (SSSR count). The quantitative estimate of drug-likeness (QED) is 0.705. The fourth-order valence-corrected chi connectivity index (χ4v) is 1.56. The molecule has 0 aliphatic carbocycles. The van der Waals surface area contributed by atoms with Gasteiger partial charge in [0.05, 0.1) is 12.2 Å². The Morgan fingerprint density at radius 2 is 2.13 bits per heavy atom. The first kappa shape index (κ1) is 9.64. The Labute approximate surface area is 85.7 Å². The molecule has 15 heavy (non-hydrogen) atoms. The van der Waals surface area contributed by atoms with E-state index in [4.69, 9.17) is 0 Å². The lowest BCUT2D eigenvalue weighted by molar-refractivity contribution is -0.115. The van der Waals surface area contributed by atoms with Crippen LogP contribution in [0.4, 0.5) is 14.9 Å². The highest BCUT2D eigenvalue weighted by Gasteiger charge is 2.32. The van der Waals surface area contributed by atoms with Crippen molar-refractivity contribution in [2.45, 2.75) is 6.92 Å². The first-order valence-electron chi connectivity index (χ1n) is 4.47. The second kappa shape index (κ2) is 3.34. The number of hydrogen-bond acceptors (Lipinski definition) is 2. The Kier molecular flexibility index (Phi) is 2.15. The van der Waals surface area contributed by atoms with E-state index >= 15 is 0 Å². The molecule has 78 valence electrons. The Hall–Kier alpha value is -1.91. The summed E-state index contributed by atoms with van der Waals surface area (Å²) >= 11 is 0. The van der Waals surface area contributed by atoms with E-state index in [0.29, 0.717) is 5.56 Å². The van der Waals surface area contributed by atoms with Crippen LogP contribution in [-0.2, 0) is 4.79 Å². The number of benzene rings is 1. The molecule has 1 N–H and O–H groups in total. The Morgan fingerprint density at radius 3 is 2.67 bits per heavy atom. The number of carbonyl (C=O) groups excluding carboxylic acids is 2. The lowest BCUT2D eigenvalue weighted by atomic mass is 10.2. The van der Waals surface area contributed by atoms with Crippen LogP contribution in [0.15, 0.2) is 18.2 Å². The van der Waals surface area contributed by atoms with Crippen LogP contribution in [0.2, 0.25) is 0 Å². The average Bonchev–Trinajstić information content (AvgIpc) is 2.49. The molecule has 0 unspecified atom stereocenters. The first-order chi connectivity index (χ1) is 7.11. The highest BCUT2D eigenvalue weighted by molar-refractivity contribution is 6.20. The molecule has 0 bridgehead atoms. The van der Waals surface area contributed by atoms with E-state index in [9.17, 15) is 14.0 Å². The molecule has 0 atom stereocenters. The van der Waals surface area contributed by atoms with Crippen molar-refractivity contribution in [1.29, 1.82) is 0 Å². The van der Waals surface area contributed by atoms with E-state index in [0.717, 1.165) is 4.90 Å². The first-order valence-corrected chi connectivity index (χ1v) is 4.47. The summed E-state index contributed by atoms with van der Waals surface area (Å²) in [6, 6.07) is 3.83. The predicted octanol–water partition coefficient (Wildman–Crippen LogP) is 1.19. The Morgan fingerprint density at radius 1 is 1.40 bits per heavy atom. The zero-order valence-corrected chi connectivity index (χ0v) is 8.08. The number of anilines is 1. The smallest absolute Gasteiger partial charge is 0.328 e. The van der Waals surface area contributed by atoms with Crippen molar-refractivity contribution < 1.29 is 14.0 Å². The SMILES string of the molecule is Cc1cccc(F)c1N1C(=O)CNC1=O. The third kappa shape index (κ3) is 1.45. The van der Waals surface area contributed by atoms with Crippen LogP contribution in [0, 0.1) is 12.7 Å². The van der Waals surface area contributed by atoms with Crippen molar-refractivity contribution in [3.63, 3.8) is 0 Å². The molecule has 0 aromatic heterocycles. The van der Waals surface area contributed by atoms with Gasteiger partial charge in [0.1, 0.15) is 5.82 Å². The highest BCUT2D eigenvalue weighted by Crippen LogP contribution is 2.25. The molecule has 0 spiro atoms. The van der Waals surface area contributed by atoms with Gasteiger partial charge < -0.3 is 5.32 Å². The Balaban J connectivity index is 2.53. The minimum absolute atomic E-state index is 0.0394. The summed E-state index contributed by atoms with van der Waals surface area (Å²) in [6.07, 6.45) is 0. The van der Waals surface area contributed by atoms with Gasteiger partial charge in [-0.1, -0.05) is 12.1 Å². The van der Waals surface area contributed by atoms with Gasteiger partial charge in [-0.25, -0.2) is 14.1 Å². The van der Waals surface area contributed by atoms with Crippen LogP contribution in [0.1, 0.15) is 5.56 Å². The molecule has 1 aliphatic heterocycles. The molecule has 1 heterocycles. The van der Waals surface area contributed by atoms with E-state index < -0.39 is 17.8 Å². The van der Waals surface area contributed by atoms with Crippen molar-refractivity contribution in [3.8, 4) is 0 Å². The van der Waals surface area contributed by atoms with Gasteiger partial charge in [-0.05, 0) is 18.6 Å². The average molecular weight is 208 g/mol. The molecule has 1 saturated heterocycles. The van der Waals surface area contributed by atoms with Gasteiger partial charge in [-0.15, -0.1) is 0 Å². The van der Waals surface area contributed by atoms with Crippen molar-refractivity contribution >= 4 is 17.6 Å². The van der Waals surface area contributed by atoms with E-state index in [2.05, 4.69) is 5.32 Å². The second-order valence-electron chi connectivity index (χ2n) is 3.29. The summed E-state index contributed by atoms with van der Waals surface area (Å²) < 4.78 is 13.5. The number of para-hydroxylation sites is 1. The minimum atomic E-state index is -0.576. The van der Waals surface area contributed by atoms with E-state index in [1.165, 1.54) is 12.1 Å². The summed E-state index contributed by atoms with van der Waals surface area (Å²) in [4.78, 5) is 23.5. The van der Waals surface area contributed by atoms with Crippen LogP contribution >= 0.6 is 0 Å². The van der Waals surface area contributed by atoms with Crippen LogP contribution in [0.5, 0.6) is 0 Å². The molecule has 0 radical (unpaired) electrons. The maximum absolute atomic E-state index is 13.5. The number of nitrogens with zero attached hydrogens (tertiary/aromatic N) is 1. The number of imide groups is 1. The number of rotatable bonds is 1. The molecule has 1 aliphatic rings. The van der Waals surface area contributed by atoms with Gasteiger partial charge in [-0.2, -0.15) is 0 Å². The number of aryl methyl sites for hydroxylation is 1. The summed E-state index contributed by atoms with van der Waals surface area (Å²) in [6.45, 7) is 1.57. The zero-order chi connectivity index (χ0) is 11.0. The van der Waals surface area contributed by atoms with E-state index in [1.807, 2.05) is 0 Å². The maximum atomic E-state index is 13.5. The second-order valence-corrected chi connectivity index (χ2v) is 3.29. The third-order valence-electron chi connectivity index (χ3n) is 2.26. The maximum Gasteiger partial charge on any atom is 0.329 e. The standard InChI is InChI=1S/C10H9FN2O2/c1-6-3-2-4-7(11)9(6)13-8(14)5-12-10(13)15/h2-4H,5H2,1H3,(H,12,15). The molecule has 1 aromatic carbocycles. The van der Waals surface area contributed by atoms with Crippen molar-refractivity contribution in [2.24, 2.45) is 0 Å². The highest BCUT2D eigenvalue weighted by atomic mass is 19.1. The lowest BCUT2D eigenvalue weighted by Gasteiger charge is -2.15. The number of amides is 3. The van der Waals surface area contributed by atoms with Gasteiger partial charge in [0.2, 0.25) is 0 Å². The molecule has 1 fully saturated rings.